The van der Waals surface area contributed by atoms with Gasteiger partial charge in [-0.1, -0.05) is 23.7 Å². The van der Waals surface area contributed by atoms with Crippen molar-refractivity contribution in [1.82, 2.24) is 15.2 Å². The third-order valence-corrected chi connectivity index (χ3v) is 4.54. The predicted octanol–water partition coefficient (Wildman–Crippen LogP) is 3.63. The number of pyridine rings is 1. The fourth-order valence-corrected chi connectivity index (χ4v) is 3.49. The van der Waals surface area contributed by atoms with Gasteiger partial charge >= 0.3 is 0 Å². The third-order valence-electron chi connectivity index (χ3n) is 3.40. The number of piperazine rings is 1. The number of thiophene rings is 1. The minimum atomic E-state index is 0. The molecule has 3 nitrogen and oxygen atoms in total. The normalized spacial score (nSPS) is 16.6. The van der Waals surface area contributed by atoms with Crippen LogP contribution in [0.4, 0.5) is 0 Å². The zero-order valence-electron chi connectivity index (χ0n) is 11.4. The van der Waals surface area contributed by atoms with Crippen molar-refractivity contribution in [1.29, 1.82) is 0 Å². The van der Waals surface area contributed by atoms with Gasteiger partial charge in [0.15, 0.2) is 0 Å². The maximum atomic E-state index is 5.89. The number of halogens is 3. The number of nitrogens with zero attached hydrogens (tertiary/aromatic N) is 2. The average Bonchev–Trinajstić information content (AvgIpc) is 2.96. The molecule has 0 spiro atoms. The van der Waals surface area contributed by atoms with E-state index in [0.29, 0.717) is 11.2 Å². The summed E-state index contributed by atoms with van der Waals surface area (Å²) in [4.78, 5) is 8.11. The fourth-order valence-electron chi connectivity index (χ4n) is 2.49. The van der Waals surface area contributed by atoms with Crippen LogP contribution in [0.15, 0.2) is 35.8 Å². The molecule has 0 aromatic carbocycles. The molecule has 1 aliphatic rings. The first kappa shape index (κ1) is 18.7. The van der Waals surface area contributed by atoms with Crippen molar-refractivity contribution >= 4 is 47.8 Å². The van der Waals surface area contributed by atoms with Crippen molar-refractivity contribution in [3.63, 3.8) is 0 Å². The van der Waals surface area contributed by atoms with E-state index in [2.05, 4.69) is 38.8 Å². The Morgan fingerprint density at radius 3 is 2.52 bits per heavy atom. The van der Waals surface area contributed by atoms with Gasteiger partial charge in [-0.05, 0) is 23.1 Å². The summed E-state index contributed by atoms with van der Waals surface area (Å²) in [5.41, 5.74) is 1.22. The highest BCUT2D eigenvalue weighted by atomic mass is 35.5. The molecule has 0 radical (unpaired) electrons. The van der Waals surface area contributed by atoms with Crippen molar-refractivity contribution in [2.75, 3.05) is 26.2 Å². The van der Waals surface area contributed by atoms with E-state index >= 15 is 0 Å². The highest BCUT2D eigenvalue weighted by Crippen LogP contribution is 2.31. The van der Waals surface area contributed by atoms with Gasteiger partial charge in [0.2, 0.25) is 0 Å². The molecule has 2 aromatic heterocycles. The minimum absolute atomic E-state index is 0. The fraction of sp³-hybridized carbons (Fsp3) is 0.357. The van der Waals surface area contributed by atoms with Crippen molar-refractivity contribution in [2.24, 2.45) is 0 Å². The van der Waals surface area contributed by atoms with Gasteiger partial charge in [-0.3, -0.25) is 4.90 Å². The van der Waals surface area contributed by atoms with E-state index in [1.165, 1.54) is 10.4 Å². The van der Waals surface area contributed by atoms with Gasteiger partial charge in [0, 0.05) is 37.3 Å². The molecule has 1 saturated heterocycles. The smallest absolute Gasteiger partial charge is 0.129 e. The molecule has 1 fully saturated rings. The first-order valence-electron chi connectivity index (χ1n) is 6.44. The standard InChI is InChI=1S/C14H16ClN3S.2ClH/c15-13-4-3-11(10-17-13)14(12-2-1-9-19-12)18-7-5-16-6-8-18;;/h1-4,9-10,14,16H,5-8H2;2*1H/t14-;;/m1../s1. The molecule has 0 unspecified atom stereocenters. The van der Waals surface area contributed by atoms with Gasteiger partial charge in [0.25, 0.3) is 0 Å². The number of aromatic nitrogens is 1. The molecule has 1 aliphatic heterocycles. The summed E-state index contributed by atoms with van der Waals surface area (Å²) < 4.78 is 0. The van der Waals surface area contributed by atoms with Gasteiger partial charge in [-0.25, -0.2) is 4.98 Å². The quantitative estimate of drug-likeness (QED) is 0.841. The number of hydrogen-bond acceptors (Lipinski definition) is 4. The summed E-state index contributed by atoms with van der Waals surface area (Å²) in [6, 6.07) is 8.57. The summed E-state index contributed by atoms with van der Waals surface area (Å²) in [5.74, 6) is 0. The summed E-state index contributed by atoms with van der Waals surface area (Å²) in [5, 5.41) is 6.08. The molecule has 3 rings (SSSR count). The van der Waals surface area contributed by atoms with Crippen LogP contribution < -0.4 is 5.32 Å². The van der Waals surface area contributed by atoms with Crippen molar-refractivity contribution in [3.8, 4) is 0 Å². The predicted molar refractivity (Wildman–Crippen MR) is 94.3 cm³/mol. The van der Waals surface area contributed by atoms with Crippen LogP contribution in [-0.2, 0) is 0 Å². The van der Waals surface area contributed by atoms with Gasteiger partial charge in [-0.2, -0.15) is 0 Å². The Bertz CT molecular complexity index is 513. The molecule has 1 atom stereocenters. The summed E-state index contributed by atoms with van der Waals surface area (Å²) in [6.45, 7) is 4.21. The Hall–Kier alpha value is -0.360. The molecule has 0 bridgehead atoms. The molecular formula is C14H18Cl3N3S. The van der Waals surface area contributed by atoms with E-state index in [1.807, 2.05) is 12.3 Å². The second-order valence-electron chi connectivity index (χ2n) is 4.62. The minimum Gasteiger partial charge on any atom is -0.314 e. The Kier molecular flexibility index (Phi) is 7.95. The Morgan fingerprint density at radius 1 is 1.19 bits per heavy atom. The molecule has 2 aromatic rings. The summed E-state index contributed by atoms with van der Waals surface area (Å²) >= 11 is 7.70. The van der Waals surface area contributed by atoms with Crippen LogP contribution in [0.25, 0.3) is 0 Å². The van der Waals surface area contributed by atoms with Gasteiger partial charge in [0.1, 0.15) is 5.15 Å². The number of hydrogen-bond donors (Lipinski definition) is 1. The van der Waals surface area contributed by atoms with E-state index in [4.69, 9.17) is 11.6 Å². The first-order chi connectivity index (χ1) is 9.34. The second kappa shape index (κ2) is 8.93. The van der Waals surface area contributed by atoms with Crippen LogP contribution in [0.5, 0.6) is 0 Å². The lowest BCUT2D eigenvalue weighted by molar-refractivity contribution is 0.200. The van der Waals surface area contributed by atoms with Gasteiger partial charge in [0.05, 0.1) is 6.04 Å². The van der Waals surface area contributed by atoms with E-state index in [-0.39, 0.29) is 24.8 Å². The molecule has 116 valence electrons. The summed E-state index contributed by atoms with van der Waals surface area (Å²) in [6.07, 6.45) is 1.90. The molecule has 0 aliphatic carbocycles. The maximum absolute atomic E-state index is 5.89. The van der Waals surface area contributed by atoms with Gasteiger partial charge in [-0.15, -0.1) is 36.2 Å². The maximum Gasteiger partial charge on any atom is 0.129 e. The highest BCUT2D eigenvalue weighted by Gasteiger charge is 2.24. The lowest BCUT2D eigenvalue weighted by atomic mass is 10.0. The third kappa shape index (κ3) is 4.55. The van der Waals surface area contributed by atoms with E-state index in [9.17, 15) is 0 Å². The zero-order valence-corrected chi connectivity index (χ0v) is 14.6. The van der Waals surface area contributed by atoms with Crippen molar-refractivity contribution in [2.45, 2.75) is 6.04 Å². The van der Waals surface area contributed by atoms with Crippen LogP contribution >= 0.6 is 47.8 Å². The van der Waals surface area contributed by atoms with E-state index < -0.39 is 0 Å². The second-order valence-corrected chi connectivity index (χ2v) is 5.98. The van der Waals surface area contributed by atoms with E-state index in [0.717, 1.165) is 26.2 Å². The van der Waals surface area contributed by atoms with E-state index in [1.54, 1.807) is 11.3 Å². The largest absolute Gasteiger partial charge is 0.314 e. The van der Waals surface area contributed by atoms with Crippen LogP contribution in [0.3, 0.4) is 0 Å². The molecule has 3 heterocycles. The Morgan fingerprint density at radius 2 is 1.95 bits per heavy atom. The summed E-state index contributed by atoms with van der Waals surface area (Å²) in [7, 11) is 0. The molecule has 0 saturated carbocycles. The molecule has 21 heavy (non-hydrogen) atoms. The molecule has 0 amide bonds. The Labute approximate surface area is 146 Å². The van der Waals surface area contributed by atoms with Crippen LogP contribution in [0, 0.1) is 0 Å². The molecular weight excluding hydrogens is 349 g/mol. The van der Waals surface area contributed by atoms with Crippen molar-refractivity contribution in [3.05, 3.63) is 51.4 Å². The number of nitrogens with one attached hydrogen (secondary N) is 1. The molecule has 7 heteroatoms. The SMILES string of the molecule is Cl.Cl.Clc1ccc([C@H](c2cccs2)N2CCNCC2)cn1. The monoisotopic (exact) mass is 365 g/mol. The van der Waals surface area contributed by atoms with Crippen LogP contribution in [0.2, 0.25) is 5.15 Å². The zero-order chi connectivity index (χ0) is 13.1. The lowest BCUT2D eigenvalue weighted by Gasteiger charge is -2.34. The topological polar surface area (TPSA) is 28.2 Å². The average molecular weight is 367 g/mol. The molecule has 1 N–H and O–H groups in total. The Balaban J connectivity index is 0.00000110. The van der Waals surface area contributed by atoms with Gasteiger partial charge < -0.3 is 5.32 Å². The highest BCUT2D eigenvalue weighted by molar-refractivity contribution is 7.10. The number of rotatable bonds is 3. The lowest BCUT2D eigenvalue weighted by Crippen LogP contribution is -2.45. The van der Waals surface area contributed by atoms with Crippen molar-refractivity contribution < 1.29 is 0 Å². The first-order valence-corrected chi connectivity index (χ1v) is 7.70. The van der Waals surface area contributed by atoms with Crippen LogP contribution in [-0.4, -0.2) is 36.1 Å². The van der Waals surface area contributed by atoms with Crippen LogP contribution in [0.1, 0.15) is 16.5 Å².